The van der Waals surface area contributed by atoms with Crippen LogP contribution >= 0.6 is 0 Å². The van der Waals surface area contributed by atoms with E-state index in [-0.39, 0.29) is 18.2 Å². The molecule has 5 nitrogen and oxygen atoms in total. The third-order valence-corrected chi connectivity index (χ3v) is 2.99. The van der Waals surface area contributed by atoms with Gasteiger partial charge in [-0.15, -0.1) is 0 Å². The van der Waals surface area contributed by atoms with Gasteiger partial charge in [0, 0.05) is 18.9 Å². The van der Waals surface area contributed by atoms with Gasteiger partial charge in [0.2, 0.25) is 0 Å². The van der Waals surface area contributed by atoms with E-state index in [2.05, 4.69) is 5.32 Å². The Morgan fingerprint density at radius 3 is 2.83 bits per heavy atom. The first-order chi connectivity index (χ1) is 8.43. The third-order valence-electron chi connectivity index (χ3n) is 2.99. The van der Waals surface area contributed by atoms with Crippen LogP contribution in [0.25, 0.3) is 0 Å². The Kier molecular flexibility index (Phi) is 3.26. The topological polar surface area (TPSA) is 79.5 Å². The highest BCUT2D eigenvalue weighted by atomic mass is 16.4. The van der Waals surface area contributed by atoms with Gasteiger partial charge in [-0.2, -0.15) is 0 Å². The van der Waals surface area contributed by atoms with Gasteiger partial charge < -0.3 is 14.8 Å². The number of Topliss-reactive ketones (excluding diaryl/α,β-unsaturated/α-hetero) is 1. The lowest BCUT2D eigenvalue weighted by atomic mass is 9.97. The van der Waals surface area contributed by atoms with Crippen LogP contribution in [0.15, 0.2) is 10.5 Å². The van der Waals surface area contributed by atoms with E-state index in [1.807, 2.05) is 0 Å². The van der Waals surface area contributed by atoms with Crippen molar-refractivity contribution in [2.45, 2.75) is 38.6 Å². The van der Waals surface area contributed by atoms with Crippen molar-refractivity contribution < 1.29 is 19.1 Å². The van der Waals surface area contributed by atoms with E-state index in [1.165, 1.54) is 6.07 Å². The number of nitrogens with one attached hydrogen (secondary N) is 1. The van der Waals surface area contributed by atoms with E-state index in [0.717, 1.165) is 6.42 Å². The fourth-order valence-corrected chi connectivity index (χ4v) is 1.91. The van der Waals surface area contributed by atoms with Crippen LogP contribution in [0.3, 0.4) is 0 Å². The second-order valence-corrected chi connectivity index (χ2v) is 5.22. The number of amides is 1. The summed E-state index contributed by atoms with van der Waals surface area (Å²) in [6.45, 7) is 3.25. The van der Waals surface area contributed by atoms with E-state index in [0.29, 0.717) is 24.2 Å². The molecule has 0 aromatic carbocycles. The first kappa shape index (κ1) is 12.8. The lowest BCUT2D eigenvalue weighted by molar-refractivity contribution is 0.0838. The number of hydrogen-bond acceptors (Lipinski definition) is 4. The average Bonchev–Trinajstić information content (AvgIpc) is 2.74. The fraction of sp³-hybridized carbons (Fsp3) is 0.538. The van der Waals surface area contributed by atoms with Crippen molar-refractivity contribution in [1.82, 2.24) is 5.32 Å². The summed E-state index contributed by atoms with van der Waals surface area (Å²) in [6.07, 6.45) is 1.97. The molecule has 98 valence electrons. The zero-order valence-electron chi connectivity index (χ0n) is 10.6. The van der Waals surface area contributed by atoms with E-state index in [1.54, 1.807) is 13.8 Å². The van der Waals surface area contributed by atoms with E-state index < -0.39 is 11.4 Å². The summed E-state index contributed by atoms with van der Waals surface area (Å²) in [5, 5.41) is 11.7. The van der Waals surface area contributed by atoms with Gasteiger partial charge in [0.15, 0.2) is 11.5 Å². The minimum atomic E-state index is -0.714. The molecule has 1 aliphatic carbocycles. The summed E-state index contributed by atoms with van der Waals surface area (Å²) in [4.78, 5) is 23.5. The molecule has 2 N–H and O–H groups in total. The van der Waals surface area contributed by atoms with Gasteiger partial charge in [0.05, 0.1) is 17.7 Å². The second-order valence-electron chi connectivity index (χ2n) is 5.22. The van der Waals surface area contributed by atoms with Gasteiger partial charge in [0.25, 0.3) is 5.91 Å². The fourth-order valence-electron chi connectivity index (χ4n) is 1.91. The molecule has 1 amide bonds. The number of furan rings is 1. The number of aliphatic hydroxyl groups is 1. The molecule has 0 aliphatic heterocycles. The molecule has 1 aliphatic rings. The summed E-state index contributed by atoms with van der Waals surface area (Å²) in [5.41, 5.74) is -0.192. The normalized spacial score (nSPS) is 15.4. The Labute approximate surface area is 105 Å². The molecule has 0 fully saturated rings. The standard InChI is InChI=1S/C13H17NO4/c1-13(2,7-15)14-12(17)11-6-8-9(16)4-3-5-10(8)18-11/h6,15H,3-5,7H2,1-2H3,(H,14,17). The first-order valence-electron chi connectivity index (χ1n) is 6.02. The van der Waals surface area contributed by atoms with Crippen molar-refractivity contribution in [2.24, 2.45) is 0 Å². The minimum absolute atomic E-state index is 0.0282. The van der Waals surface area contributed by atoms with Crippen LogP contribution in [-0.2, 0) is 6.42 Å². The molecule has 0 spiro atoms. The maximum absolute atomic E-state index is 11.9. The summed E-state index contributed by atoms with van der Waals surface area (Å²) < 4.78 is 5.41. The molecule has 18 heavy (non-hydrogen) atoms. The molecule has 1 aromatic heterocycles. The second kappa shape index (κ2) is 4.57. The smallest absolute Gasteiger partial charge is 0.287 e. The van der Waals surface area contributed by atoms with Crippen LogP contribution in [-0.4, -0.2) is 28.9 Å². The van der Waals surface area contributed by atoms with Crippen LogP contribution in [0.4, 0.5) is 0 Å². The number of aliphatic hydroxyl groups excluding tert-OH is 1. The van der Waals surface area contributed by atoms with Gasteiger partial charge in [-0.3, -0.25) is 9.59 Å². The van der Waals surface area contributed by atoms with Gasteiger partial charge in [-0.25, -0.2) is 0 Å². The highest BCUT2D eigenvalue weighted by molar-refractivity contribution is 6.01. The van der Waals surface area contributed by atoms with Crippen molar-refractivity contribution >= 4 is 11.7 Å². The van der Waals surface area contributed by atoms with E-state index in [9.17, 15) is 9.59 Å². The third kappa shape index (κ3) is 2.46. The molecule has 0 radical (unpaired) electrons. The van der Waals surface area contributed by atoms with Crippen molar-refractivity contribution in [3.05, 3.63) is 23.2 Å². The number of rotatable bonds is 3. The highest BCUT2D eigenvalue weighted by Crippen LogP contribution is 2.24. The lowest BCUT2D eigenvalue weighted by Crippen LogP contribution is -2.46. The van der Waals surface area contributed by atoms with Crippen molar-refractivity contribution in [2.75, 3.05) is 6.61 Å². The largest absolute Gasteiger partial charge is 0.455 e. The minimum Gasteiger partial charge on any atom is -0.455 e. The summed E-state index contributed by atoms with van der Waals surface area (Å²) in [7, 11) is 0. The zero-order chi connectivity index (χ0) is 13.3. The van der Waals surface area contributed by atoms with Crippen molar-refractivity contribution in [1.29, 1.82) is 0 Å². The first-order valence-corrected chi connectivity index (χ1v) is 6.02. The van der Waals surface area contributed by atoms with Crippen LogP contribution in [0.1, 0.15) is 53.4 Å². The molecule has 1 aromatic rings. The Bertz CT molecular complexity index is 487. The Hall–Kier alpha value is -1.62. The average molecular weight is 251 g/mol. The van der Waals surface area contributed by atoms with Crippen LogP contribution in [0, 0.1) is 0 Å². The molecular weight excluding hydrogens is 234 g/mol. The van der Waals surface area contributed by atoms with Gasteiger partial charge >= 0.3 is 0 Å². The maximum Gasteiger partial charge on any atom is 0.287 e. The molecule has 2 rings (SSSR count). The molecular formula is C13H17NO4. The van der Waals surface area contributed by atoms with Gasteiger partial charge in [-0.1, -0.05) is 0 Å². The SMILES string of the molecule is CC(C)(CO)NC(=O)c1cc2c(o1)CCCC2=O. The van der Waals surface area contributed by atoms with Crippen LogP contribution in [0.2, 0.25) is 0 Å². The number of fused-ring (bicyclic) bond motifs is 1. The summed E-state index contributed by atoms with van der Waals surface area (Å²) in [6, 6.07) is 1.50. The molecule has 0 atom stereocenters. The quantitative estimate of drug-likeness (QED) is 0.848. The number of aryl methyl sites for hydroxylation is 1. The summed E-state index contributed by atoms with van der Waals surface area (Å²) in [5.74, 6) is 0.353. The van der Waals surface area contributed by atoms with E-state index >= 15 is 0 Å². The Morgan fingerprint density at radius 2 is 2.22 bits per heavy atom. The zero-order valence-corrected chi connectivity index (χ0v) is 10.6. The molecule has 0 saturated heterocycles. The van der Waals surface area contributed by atoms with E-state index in [4.69, 9.17) is 9.52 Å². The maximum atomic E-state index is 11.9. The summed E-state index contributed by atoms with van der Waals surface area (Å²) >= 11 is 0. The van der Waals surface area contributed by atoms with Gasteiger partial charge in [0.1, 0.15) is 5.76 Å². The van der Waals surface area contributed by atoms with Crippen molar-refractivity contribution in [3.63, 3.8) is 0 Å². The monoisotopic (exact) mass is 251 g/mol. The van der Waals surface area contributed by atoms with Crippen LogP contribution in [0.5, 0.6) is 0 Å². The number of carbonyl (C=O) groups is 2. The Balaban J connectivity index is 2.20. The Morgan fingerprint density at radius 1 is 1.50 bits per heavy atom. The van der Waals surface area contributed by atoms with Crippen LogP contribution < -0.4 is 5.32 Å². The number of ketones is 1. The predicted octanol–water partition coefficient (Wildman–Crippen LogP) is 1.30. The molecule has 0 saturated carbocycles. The molecule has 5 heteroatoms. The number of hydrogen-bond donors (Lipinski definition) is 2. The molecule has 0 unspecified atom stereocenters. The highest BCUT2D eigenvalue weighted by Gasteiger charge is 2.27. The number of carbonyl (C=O) groups excluding carboxylic acids is 2. The lowest BCUT2D eigenvalue weighted by Gasteiger charge is -2.22. The molecule has 1 heterocycles. The van der Waals surface area contributed by atoms with Crippen molar-refractivity contribution in [3.8, 4) is 0 Å². The van der Waals surface area contributed by atoms with Gasteiger partial charge in [-0.05, 0) is 20.3 Å². The predicted molar refractivity (Wildman–Crippen MR) is 64.6 cm³/mol. The molecule has 0 bridgehead atoms.